The lowest BCUT2D eigenvalue weighted by Crippen LogP contribution is -2.32. The van der Waals surface area contributed by atoms with Gasteiger partial charge in [0.15, 0.2) is 0 Å². The van der Waals surface area contributed by atoms with Crippen LogP contribution in [0.2, 0.25) is 0 Å². The molecule has 0 saturated carbocycles. The molecule has 0 bridgehead atoms. The number of piperidine rings is 1. The van der Waals surface area contributed by atoms with E-state index in [9.17, 15) is 0 Å². The number of ether oxygens (including phenoxy) is 1. The Morgan fingerprint density at radius 1 is 1.20 bits per heavy atom. The van der Waals surface area contributed by atoms with Crippen LogP contribution < -0.4 is 4.74 Å². The summed E-state index contributed by atoms with van der Waals surface area (Å²) in [5, 5.41) is 8.37. The quantitative estimate of drug-likeness (QED) is 0.706. The molecule has 1 aromatic carbocycles. The lowest BCUT2D eigenvalue weighted by Gasteiger charge is -2.30. The minimum Gasteiger partial charge on any atom is -0.497 e. The number of hydrogen-bond acceptors (Lipinski definition) is 6. The average molecular weight is 339 g/mol. The fourth-order valence-electron chi connectivity index (χ4n) is 3.27. The number of aromatic nitrogens is 2. The zero-order valence-electron chi connectivity index (χ0n) is 14.2. The molecule has 0 aliphatic carbocycles. The van der Waals surface area contributed by atoms with E-state index in [-0.39, 0.29) is 0 Å². The van der Waals surface area contributed by atoms with E-state index < -0.39 is 0 Å². The first-order valence-electron chi connectivity index (χ1n) is 8.53. The Morgan fingerprint density at radius 2 is 2.08 bits per heavy atom. The van der Waals surface area contributed by atoms with E-state index in [0.717, 1.165) is 49.7 Å². The fourth-order valence-corrected chi connectivity index (χ4v) is 3.27. The van der Waals surface area contributed by atoms with Crippen molar-refractivity contribution in [2.75, 3.05) is 20.2 Å². The van der Waals surface area contributed by atoms with Gasteiger partial charge in [-0.15, -0.1) is 10.2 Å². The largest absolute Gasteiger partial charge is 0.497 e. The van der Waals surface area contributed by atoms with Crippen LogP contribution in [-0.2, 0) is 6.54 Å². The van der Waals surface area contributed by atoms with Gasteiger partial charge < -0.3 is 13.6 Å². The first kappa shape index (κ1) is 15.9. The van der Waals surface area contributed by atoms with Gasteiger partial charge in [0.05, 0.1) is 18.9 Å². The van der Waals surface area contributed by atoms with Crippen LogP contribution in [0, 0.1) is 0 Å². The molecule has 2 aromatic heterocycles. The molecule has 3 heterocycles. The standard InChI is InChI=1S/C19H21N3O3/c1-23-17-4-2-3-14(11-17)12-22-8-5-15(6-9-22)18-20-21-19(25-18)16-7-10-24-13-16/h2-4,7,10-11,13,15H,5-6,8-9,12H2,1H3. The normalized spacial score (nSPS) is 16.2. The molecule has 1 aliphatic rings. The highest BCUT2D eigenvalue weighted by Crippen LogP contribution is 2.30. The third-order valence-corrected chi connectivity index (χ3v) is 4.69. The van der Waals surface area contributed by atoms with Gasteiger partial charge in [-0.3, -0.25) is 4.90 Å². The van der Waals surface area contributed by atoms with Crippen molar-refractivity contribution in [2.24, 2.45) is 0 Å². The molecule has 6 nitrogen and oxygen atoms in total. The molecule has 1 saturated heterocycles. The molecule has 130 valence electrons. The van der Waals surface area contributed by atoms with Crippen LogP contribution in [-0.4, -0.2) is 35.3 Å². The van der Waals surface area contributed by atoms with Gasteiger partial charge in [0.25, 0.3) is 5.89 Å². The number of nitrogens with zero attached hydrogens (tertiary/aromatic N) is 3. The molecule has 0 radical (unpaired) electrons. The van der Waals surface area contributed by atoms with Crippen LogP contribution in [0.1, 0.15) is 30.2 Å². The van der Waals surface area contributed by atoms with Gasteiger partial charge in [-0.05, 0) is 49.7 Å². The predicted octanol–water partition coefficient (Wildman–Crippen LogP) is 3.72. The zero-order chi connectivity index (χ0) is 17.1. The lowest BCUT2D eigenvalue weighted by atomic mass is 9.96. The molecule has 1 fully saturated rings. The topological polar surface area (TPSA) is 64.5 Å². The number of furan rings is 1. The average Bonchev–Trinajstić information content (AvgIpc) is 3.34. The summed E-state index contributed by atoms with van der Waals surface area (Å²) in [5.41, 5.74) is 2.10. The monoisotopic (exact) mass is 339 g/mol. The lowest BCUT2D eigenvalue weighted by molar-refractivity contribution is 0.193. The summed E-state index contributed by atoms with van der Waals surface area (Å²) < 4.78 is 16.2. The van der Waals surface area contributed by atoms with Crippen molar-refractivity contribution in [2.45, 2.75) is 25.3 Å². The summed E-state index contributed by atoms with van der Waals surface area (Å²) in [4.78, 5) is 2.46. The molecule has 1 aliphatic heterocycles. The van der Waals surface area contributed by atoms with Gasteiger partial charge in [-0.1, -0.05) is 12.1 Å². The molecule has 0 N–H and O–H groups in total. The molecule has 6 heteroatoms. The van der Waals surface area contributed by atoms with E-state index in [1.807, 2.05) is 18.2 Å². The highest BCUT2D eigenvalue weighted by molar-refractivity contribution is 5.49. The maximum Gasteiger partial charge on any atom is 0.250 e. The zero-order valence-corrected chi connectivity index (χ0v) is 14.2. The minimum absolute atomic E-state index is 0.328. The maximum absolute atomic E-state index is 5.83. The number of benzene rings is 1. The van der Waals surface area contributed by atoms with E-state index >= 15 is 0 Å². The van der Waals surface area contributed by atoms with E-state index in [1.165, 1.54) is 5.56 Å². The molecule has 0 amide bonds. The van der Waals surface area contributed by atoms with Gasteiger partial charge in [0.2, 0.25) is 5.89 Å². The summed E-state index contributed by atoms with van der Waals surface area (Å²) in [5.74, 6) is 2.50. The van der Waals surface area contributed by atoms with Crippen molar-refractivity contribution in [1.29, 1.82) is 0 Å². The third kappa shape index (κ3) is 3.58. The molecular formula is C19H21N3O3. The summed E-state index contributed by atoms with van der Waals surface area (Å²) in [6, 6.07) is 10.1. The molecule has 0 atom stereocenters. The van der Waals surface area contributed by atoms with Crippen molar-refractivity contribution in [3.63, 3.8) is 0 Å². The van der Waals surface area contributed by atoms with Gasteiger partial charge in [0.1, 0.15) is 12.0 Å². The Kier molecular flexibility index (Phi) is 4.52. The summed E-state index contributed by atoms with van der Waals surface area (Å²) >= 11 is 0. The Labute approximate surface area is 146 Å². The number of likely N-dealkylation sites (tertiary alicyclic amines) is 1. The first-order chi connectivity index (χ1) is 12.3. The number of hydrogen-bond donors (Lipinski definition) is 0. The third-order valence-electron chi connectivity index (χ3n) is 4.69. The second-order valence-corrected chi connectivity index (χ2v) is 6.36. The summed E-state index contributed by atoms with van der Waals surface area (Å²) in [6.07, 6.45) is 5.28. The van der Waals surface area contributed by atoms with Crippen LogP contribution >= 0.6 is 0 Å². The second kappa shape index (κ2) is 7.11. The van der Waals surface area contributed by atoms with Crippen molar-refractivity contribution >= 4 is 0 Å². The maximum atomic E-state index is 5.83. The molecule has 3 aromatic rings. The predicted molar refractivity (Wildman–Crippen MR) is 92.2 cm³/mol. The van der Waals surface area contributed by atoms with Gasteiger partial charge in [-0.25, -0.2) is 0 Å². The van der Waals surface area contributed by atoms with Gasteiger partial charge in [-0.2, -0.15) is 0 Å². The number of rotatable bonds is 5. The highest BCUT2D eigenvalue weighted by Gasteiger charge is 2.25. The second-order valence-electron chi connectivity index (χ2n) is 6.36. The molecule has 0 unspecified atom stereocenters. The van der Waals surface area contributed by atoms with Crippen LogP contribution in [0.4, 0.5) is 0 Å². The number of methoxy groups -OCH3 is 1. The van der Waals surface area contributed by atoms with E-state index in [1.54, 1.807) is 19.6 Å². The molecule has 25 heavy (non-hydrogen) atoms. The Hall–Kier alpha value is -2.60. The minimum atomic E-state index is 0.328. The molecule has 4 rings (SSSR count). The molecule has 0 spiro atoms. The van der Waals surface area contributed by atoms with Crippen molar-refractivity contribution in [3.05, 3.63) is 54.3 Å². The van der Waals surface area contributed by atoms with Crippen LogP contribution in [0.3, 0.4) is 0 Å². The highest BCUT2D eigenvalue weighted by atomic mass is 16.5. The van der Waals surface area contributed by atoms with Gasteiger partial charge in [0, 0.05) is 12.5 Å². The van der Waals surface area contributed by atoms with E-state index in [4.69, 9.17) is 13.6 Å². The SMILES string of the molecule is COc1cccc(CN2CCC(c3nnc(-c4ccoc4)o3)CC2)c1. The van der Waals surface area contributed by atoms with Crippen LogP contribution in [0.25, 0.3) is 11.5 Å². The van der Waals surface area contributed by atoms with Crippen LogP contribution in [0.15, 0.2) is 51.7 Å². The summed E-state index contributed by atoms with van der Waals surface area (Å²) in [6.45, 7) is 2.98. The Bertz CT molecular complexity index is 805. The van der Waals surface area contributed by atoms with E-state index in [0.29, 0.717) is 11.8 Å². The van der Waals surface area contributed by atoms with E-state index in [2.05, 4.69) is 27.2 Å². The van der Waals surface area contributed by atoms with Crippen molar-refractivity contribution in [3.8, 4) is 17.2 Å². The van der Waals surface area contributed by atoms with Crippen molar-refractivity contribution < 1.29 is 13.6 Å². The van der Waals surface area contributed by atoms with Crippen LogP contribution in [0.5, 0.6) is 5.75 Å². The fraction of sp³-hybridized carbons (Fsp3) is 0.368. The Morgan fingerprint density at radius 3 is 2.84 bits per heavy atom. The molecular weight excluding hydrogens is 318 g/mol. The first-order valence-corrected chi connectivity index (χ1v) is 8.53. The smallest absolute Gasteiger partial charge is 0.250 e. The summed E-state index contributed by atoms with van der Waals surface area (Å²) in [7, 11) is 1.70. The Balaban J connectivity index is 1.35. The van der Waals surface area contributed by atoms with Crippen molar-refractivity contribution in [1.82, 2.24) is 15.1 Å². The van der Waals surface area contributed by atoms with Gasteiger partial charge >= 0.3 is 0 Å².